The summed E-state index contributed by atoms with van der Waals surface area (Å²) < 4.78 is 80.1. The standard InChI is InChI=1S/C16H13F6N3O2/c1-9-6-12(23)25(13(26)7-9)24-8-10-2-4-11(5-3-10)27-16(21,22)14(17)15(18,19)20/h2-8,14H,23H2,1H3/b24-8-/t14-/m0/s1. The van der Waals surface area contributed by atoms with Crippen molar-refractivity contribution in [3.05, 3.63) is 57.9 Å². The van der Waals surface area contributed by atoms with Gasteiger partial charge < -0.3 is 10.5 Å². The van der Waals surface area contributed by atoms with Crippen LogP contribution in [0.4, 0.5) is 32.2 Å². The number of aromatic nitrogens is 1. The molecule has 0 radical (unpaired) electrons. The number of aryl methyl sites for hydroxylation is 1. The summed E-state index contributed by atoms with van der Waals surface area (Å²) in [6.07, 6.45) is -14.2. The van der Waals surface area contributed by atoms with Crippen molar-refractivity contribution in [3.63, 3.8) is 0 Å². The van der Waals surface area contributed by atoms with E-state index in [1.807, 2.05) is 0 Å². The molecule has 27 heavy (non-hydrogen) atoms. The molecular formula is C16H13F6N3O2. The van der Waals surface area contributed by atoms with Crippen molar-refractivity contribution in [2.75, 3.05) is 5.73 Å². The van der Waals surface area contributed by atoms with Crippen LogP contribution < -0.4 is 16.0 Å². The van der Waals surface area contributed by atoms with Crippen molar-refractivity contribution in [1.82, 2.24) is 4.68 Å². The van der Waals surface area contributed by atoms with Gasteiger partial charge >= 0.3 is 12.3 Å². The molecule has 2 aromatic rings. The number of benzene rings is 1. The lowest BCUT2D eigenvalue weighted by molar-refractivity contribution is -0.304. The van der Waals surface area contributed by atoms with E-state index in [1.165, 1.54) is 30.5 Å². The summed E-state index contributed by atoms with van der Waals surface area (Å²) in [4.78, 5) is 11.8. The molecule has 1 heterocycles. The average Bonchev–Trinajstić information content (AvgIpc) is 2.53. The van der Waals surface area contributed by atoms with Gasteiger partial charge in [0.05, 0.1) is 6.21 Å². The summed E-state index contributed by atoms with van der Waals surface area (Å²) in [5.74, 6) is -0.618. The summed E-state index contributed by atoms with van der Waals surface area (Å²) in [6, 6.07) is 6.95. The number of ether oxygens (including phenoxy) is 1. The fourth-order valence-corrected chi connectivity index (χ4v) is 1.99. The lowest BCUT2D eigenvalue weighted by Crippen LogP contribution is -2.45. The van der Waals surface area contributed by atoms with E-state index in [-0.39, 0.29) is 5.82 Å². The molecule has 0 saturated carbocycles. The Morgan fingerprint density at radius 2 is 1.74 bits per heavy atom. The van der Waals surface area contributed by atoms with E-state index in [4.69, 9.17) is 5.73 Å². The Hall–Kier alpha value is -2.98. The molecule has 0 amide bonds. The number of nitrogens with two attached hydrogens (primary N) is 1. The molecule has 146 valence electrons. The Kier molecular flexibility index (Phi) is 5.52. The maximum Gasteiger partial charge on any atom is 0.439 e. The molecule has 5 nitrogen and oxygen atoms in total. The van der Waals surface area contributed by atoms with Crippen molar-refractivity contribution in [3.8, 4) is 5.75 Å². The second kappa shape index (κ2) is 7.33. The minimum Gasteiger partial charge on any atom is -0.430 e. The fourth-order valence-electron chi connectivity index (χ4n) is 1.99. The third-order valence-corrected chi connectivity index (χ3v) is 3.22. The zero-order valence-corrected chi connectivity index (χ0v) is 13.7. The van der Waals surface area contributed by atoms with Gasteiger partial charge in [0.25, 0.3) is 11.7 Å². The number of halogens is 6. The molecule has 0 spiro atoms. The molecule has 0 unspecified atom stereocenters. The molecular weight excluding hydrogens is 380 g/mol. The number of anilines is 1. The van der Waals surface area contributed by atoms with Crippen molar-refractivity contribution < 1.29 is 31.1 Å². The predicted octanol–water partition coefficient (Wildman–Crippen LogP) is 3.49. The monoisotopic (exact) mass is 393 g/mol. The highest BCUT2D eigenvalue weighted by molar-refractivity contribution is 5.79. The first-order valence-corrected chi connectivity index (χ1v) is 7.31. The second-order valence-electron chi connectivity index (χ2n) is 5.49. The van der Waals surface area contributed by atoms with Gasteiger partial charge in [-0.2, -0.15) is 31.7 Å². The Morgan fingerprint density at radius 1 is 1.15 bits per heavy atom. The van der Waals surface area contributed by atoms with Crippen LogP contribution in [-0.4, -0.2) is 29.3 Å². The Morgan fingerprint density at radius 3 is 2.26 bits per heavy atom. The molecule has 1 aromatic heterocycles. The molecule has 0 saturated heterocycles. The van der Waals surface area contributed by atoms with Crippen molar-refractivity contribution >= 4 is 12.0 Å². The van der Waals surface area contributed by atoms with Crippen molar-refractivity contribution in [2.24, 2.45) is 5.10 Å². The first kappa shape index (κ1) is 20.3. The number of hydrogen-bond acceptors (Lipinski definition) is 4. The Labute approximate surface area is 148 Å². The number of hydrogen-bond donors (Lipinski definition) is 1. The van der Waals surface area contributed by atoms with E-state index in [9.17, 15) is 31.1 Å². The molecule has 0 fully saturated rings. The zero-order valence-electron chi connectivity index (χ0n) is 13.7. The van der Waals surface area contributed by atoms with Gasteiger partial charge in [-0.1, -0.05) is 0 Å². The van der Waals surface area contributed by atoms with Gasteiger partial charge in [-0.05, 0) is 48.4 Å². The SMILES string of the molecule is Cc1cc(N)n(/N=C\c2ccc(OC(F)(F)[C@@H](F)C(F)(F)F)cc2)c(=O)c1. The molecule has 0 aliphatic rings. The number of rotatable bonds is 5. The normalized spacial score (nSPS) is 13.7. The fraction of sp³-hybridized carbons (Fsp3) is 0.250. The maximum absolute atomic E-state index is 13.2. The van der Waals surface area contributed by atoms with Crippen LogP contribution in [0.15, 0.2) is 46.3 Å². The van der Waals surface area contributed by atoms with Crippen LogP contribution >= 0.6 is 0 Å². The molecule has 11 heteroatoms. The first-order valence-electron chi connectivity index (χ1n) is 7.31. The minimum absolute atomic E-state index is 0.0667. The van der Waals surface area contributed by atoms with E-state index in [2.05, 4.69) is 9.84 Å². The zero-order chi connectivity index (χ0) is 20.4. The second-order valence-corrected chi connectivity index (χ2v) is 5.49. The van der Waals surface area contributed by atoms with Gasteiger partial charge in [0.1, 0.15) is 11.6 Å². The smallest absolute Gasteiger partial charge is 0.430 e. The van der Waals surface area contributed by atoms with Gasteiger partial charge in [-0.3, -0.25) is 4.79 Å². The number of nitrogens with zero attached hydrogens (tertiary/aromatic N) is 2. The third-order valence-electron chi connectivity index (χ3n) is 3.22. The largest absolute Gasteiger partial charge is 0.439 e. The number of alkyl halides is 6. The van der Waals surface area contributed by atoms with Gasteiger partial charge in [0, 0.05) is 6.07 Å². The number of pyridine rings is 1. The molecule has 0 aliphatic heterocycles. The average molecular weight is 393 g/mol. The number of nitrogen functional groups attached to an aromatic ring is 1. The summed E-state index contributed by atoms with van der Waals surface area (Å²) >= 11 is 0. The molecule has 2 rings (SSSR count). The Balaban J connectivity index is 2.15. The van der Waals surface area contributed by atoms with Crippen molar-refractivity contribution in [2.45, 2.75) is 25.4 Å². The van der Waals surface area contributed by atoms with E-state index >= 15 is 0 Å². The van der Waals surface area contributed by atoms with Gasteiger partial charge in [0.2, 0.25) is 0 Å². The lowest BCUT2D eigenvalue weighted by atomic mass is 10.2. The molecule has 1 aromatic carbocycles. The highest BCUT2D eigenvalue weighted by atomic mass is 19.4. The van der Waals surface area contributed by atoms with Gasteiger partial charge in [-0.15, -0.1) is 0 Å². The van der Waals surface area contributed by atoms with Crippen LogP contribution in [-0.2, 0) is 0 Å². The minimum atomic E-state index is -5.77. The summed E-state index contributed by atoms with van der Waals surface area (Å²) in [5, 5.41) is 3.84. The van der Waals surface area contributed by atoms with E-state index in [0.717, 1.165) is 16.8 Å². The molecule has 1 atom stereocenters. The molecule has 0 bridgehead atoms. The van der Waals surface area contributed by atoms with Crippen LogP contribution in [0.25, 0.3) is 0 Å². The van der Waals surface area contributed by atoms with E-state index < -0.39 is 29.8 Å². The first-order chi connectivity index (χ1) is 12.4. The van der Waals surface area contributed by atoms with Crippen molar-refractivity contribution in [1.29, 1.82) is 0 Å². The quantitative estimate of drug-likeness (QED) is 0.625. The highest BCUT2D eigenvalue weighted by Crippen LogP contribution is 2.36. The van der Waals surface area contributed by atoms with Crippen LogP contribution in [0.3, 0.4) is 0 Å². The predicted molar refractivity (Wildman–Crippen MR) is 85.8 cm³/mol. The Bertz CT molecular complexity index is 891. The molecule has 2 N–H and O–H groups in total. The van der Waals surface area contributed by atoms with Gasteiger partial charge in [-0.25, -0.2) is 4.39 Å². The highest BCUT2D eigenvalue weighted by Gasteiger charge is 2.59. The summed E-state index contributed by atoms with van der Waals surface area (Å²) in [6.45, 7) is 1.67. The van der Waals surface area contributed by atoms with E-state index in [1.54, 1.807) is 6.92 Å². The van der Waals surface area contributed by atoms with Crippen LogP contribution in [0.2, 0.25) is 0 Å². The van der Waals surface area contributed by atoms with Crippen LogP contribution in [0.1, 0.15) is 11.1 Å². The maximum atomic E-state index is 13.2. The topological polar surface area (TPSA) is 69.6 Å². The summed E-state index contributed by atoms with van der Waals surface area (Å²) in [7, 11) is 0. The van der Waals surface area contributed by atoms with Crippen LogP contribution in [0, 0.1) is 6.92 Å². The lowest BCUT2D eigenvalue weighted by Gasteiger charge is -2.23. The van der Waals surface area contributed by atoms with E-state index in [0.29, 0.717) is 11.1 Å². The third kappa shape index (κ3) is 5.02. The van der Waals surface area contributed by atoms with Gasteiger partial charge in [0.15, 0.2) is 0 Å². The molecule has 0 aliphatic carbocycles. The van der Waals surface area contributed by atoms with Crippen LogP contribution in [0.5, 0.6) is 5.75 Å². The summed E-state index contributed by atoms with van der Waals surface area (Å²) in [5.41, 5.74) is 6.10.